The lowest BCUT2D eigenvalue weighted by Gasteiger charge is -2.15. The van der Waals surface area contributed by atoms with E-state index >= 15 is 0 Å². The van der Waals surface area contributed by atoms with Crippen LogP contribution in [-0.2, 0) is 11.3 Å². The molecule has 1 aliphatic rings. The number of nitrogens with zero attached hydrogens (tertiary/aromatic N) is 1. The zero-order valence-electron chi connectivity index (χ0n) is 19.1. The normalized spacial score (nSPS) is 16.6. The number of amides is 1. The highest BCUT2D eigenvalue weighted by atomic mass is 79.9. The van der Waals surface area contributed by atoms with Crippen LogP contribution < -0.4 is 15.4 Å². The van der Waals surface area contributed by atoms with Crippen molar-refractivity contribution in [2.75, 3.05) is 12.4 Å². The molecule has 1 fully saturated rings. The van der Waals surface area contributed by atoms with Crippen LogP contribution >= 0.6 is 39.3 Å². The topological polar surface area (TPSA) is 55.3 Å². The van der Waals surface area contributed by atoms with Crippen LogP contribution in [0.15, 0.2) is 76.1 Å². The van der Waals surface area contributed by atoms with Gasteiger partial charge in [0.05, 0.1) is 17.7 Å². The lowest BCUT2D eigenvalue weighted by molar-refractivity contribution is -0.116. The number of aromatic nitrogens is 1. The van der Waals surface area contributed by atoms with Gasteiger partial charge in [-0.1, -0.05) is 69.6 Å². The number of carbonyl (C=O) groups is 1. The Bertz CT molecular complexity index is 1450. The molecule has 1 atom stereocenters. The summed E-state index contributed by atoms with van der Waals surface area (Å²) < 4.78 is 8.78. The average molecular weight is 569 g/mol. The molecule has 0 radical (unpaired) electrons. The minimum Gasteiger partial charge on any atom is -0.495 e. The van der Waals surface area contributed by atoms with Crippen molar-refractivity contribution in [2.45, 2.75) is 19.0 Å². The number of methoxy groups -OCH3 is 1. The summed E-state index contributed by atoms with van der Waals surface area (Å²) in [6.45, 7) is 2.86. The van der Waals surface area contributed by atoms with E-state index in [0.29, 0.717) is 15.7 Å². The van der Waals surface area contributed by atoms with Crippen molar-refractivity contribution in [3.8, 4) is 5.75 Å². The van der Waals surface area contributed by atoms with E-state index in [2.05, 4.69) is 74.5 Å². The monoisotopic (exact) mass is 567 g/mol. The number of nitrogens with one attached hydrogen (secondary N) is 2. The van der Waals surface area contributed by atoms with E-state index in [9.17, 15) is 4.79 Å². The summed E-state index contributed by atoms with van der Waals surface area (Å²) >= 11 is 11.1. The fraction of sp³-hybridized carbons (Fsp3) is 0.148. The van der Waals surface area contributed by atoms with E-state index in [1.165, 1.54) is 17.3 Å². The van der Waals surface area contributed by atoms with Crippen LogP contribution in [0, 0.1) is 6.92 Å². The molecule has 0 aliphatic carbocycles. The summed E-state index contributed by atoms with van der Waals surface area (Å²) in [5.41, 5.74) is 4.91. The number of ether oxygens (including phenoxy) is 1. The molecule has 4 aromatic rings. The summed E-state index contributed by atoms with van der Waals surface area (Å²) in [5, 5.41) is 8.02. The van der Waals surface area contributed by atoms with Crippen molar-refractivity contribution < 1.29 is 9.53 Å². The van der Waals surface area contributed by atoms with Crippen LogP contribution in [0.5, 0.6) is 5.75 Å². The Morgan fingerprint density at radius 2 is 1.94 bits per heavy atom. The smallest absolute Gasteiger partial charge is 0.260 e. The minimum absolute atomic E-state index is 0.113. The number of hydrogen-bond donors (Lipinski definition) is 2. The van der Waals surface area contributed by atoms with E-state index < -0.39 is 0 Å². The third kappa shape index (κ3) is 4.94. The zero-order valence-corrected chi connectivity index (χ0v) is 22.3. The Labute approximate surface area is 221 Å². The van der Waals surface area contributed by atoms with Gasteiger partial charge in [0, 0.05) is 38.2 Å². The zero-order chi connectivity index (χ0) is 24.5. The molecule has 0 bridgehead atoms. The van der Waals surface area contributed by atoms with Crippen molar-refractivity contribution in [3.05, 3.63) is 98.0 Å². The lowest BCUT2D eigenvalue weighted by atomic mass is 10.1. The average Bonchev–Trinajstić information content (AvgIpc) is 3.32. The van der Waals surface area contributed by atoms with Gasteiger partial charge in [-0.3, -0.25) is 4.79 Å². The van der Waals surface area contributed by atoms with Crippen molar-refractivity contribution in [2.24, 2.45) is 0 Å². The third-order valence-electron chi connectivity index (χ3n) is 5.99. The largest absolute Gasteiger partial charge is 0.495 e. The van der Waals surface area contributed by atoms with Crippen molar-refractivity contribution in [3.63, 3.8) is 0 Å². The molecule has 2 heterocycles. The number of hydrogen-bond acceptors (Lipinski definition) is 4. The van der Waals surface area contributed by atoms with Crippen LogP contribution in [0.3, 0.4) is 0 Å². The molecule has 178 valence electrons. The molecule has 1 aliphatic heterocycles. The first-order valence-corrected chi connectivity index (χ1v) is 13.1. The first kappa shape index (κ1) is 23.9. The molecule has 0 saturated carbocycles. The molecule has 1 saturated heterocycles. The second-order valence-corrected chi connectivity index (χ2v) is 10.7. The predicted molar refractivity (Wildman–Crippen MR) is 149 cm³/mol. The molecule has 5 rings (SSSR count). The quantitative estimate of drug-likeness (QED) is 0.245. The molecule has 5 nitrogen and oxygen atoms in total. The number of carbonyl (C=O) groups excluding carboxylic acids is 1. The van der Waals surface area contributed by atoms with Gasteiger partial charge in [-0.15, -0.1) is 0 Å². The second kappa shape index (κ2) is 10.0. The van der Waals surface area contributed by atoms with Gasteiger partial charge >= 0.3 is 0 Å². The Morgan fingerprint density at radius 3 is 2.71 bits per heavy atom. The van der Waals surface area contributed by atoms with Gasteiger partial charge in [0.25, 0.3) is 5.91 Å². The first-order chi connectivity index (χ1) is 16.9. The van der Waals surface area contributed by atoms with Gasteiger partial charge < -0.3 is 19.9 Å². The maximum absolute atomic E-state index is 12.9. The molecule has 35 heavy (non-hydrogen) atoms. The van der Waals surface area contributed by atoms with Crippen LogP contribution in [0.1, 0.15) is 16.8 Å². The highest BCUT2D eigenvalue weighted by Gasteiger charge is 2.28. The van der Waals surface area contributed by atoms with E-state index in [1.807, 2.05) is 18.2 Å². The van der Waals surface area contributed by atoms with Crippen LogP contribution in [0.2, 0.25) is 5.02 Å². The number of thioether (sulfide) groups is 1. The Morgan fingerprint density at radius 1 is 1.17 bits per heavy atom. The van der Waals surface area contributed by atoms with Gasteiger partial charge in [-0.25, -0.2) is 0 Å². The summed E-state index contributed by atoms with van der Waals surface area (Å²) in [6, 6.07) is 22.0. The fourth-order valence-corrected chi connectivity index (χ4v) is 5.64. The Kier molecular flexibility index (Phi) is 6.82. The van der Waals surface area contributed by atoms with Gasteiger partial charge in [-0.2, -0.15) is 0 Å². The summed E-state index contributed by atoms with van der Waals surface area (Å²) in [7, 11) is 1.60. The number of benzene rings is 3. The second-order valence-electron chi connectivity index (χ2n) is 8.20. The van der Waals surface area contributed by atoms with Crippen LogP contribution in [0.4, 0.5) is 5.69 Å². The summed E-state index contributed by atoms with van der Waals surface area (Å²) in [5.74, 6) is 0.547. The third-order valence-corrected chi connectivity index (χ3v) is 7.78. The molecule has 8 heteroatoms. The number of anilines is 1. The van der Waals surface area contributed by atoms with E-state index in [1.54, 1.807) is 25.3 Å². The highest BCUT2D eigenvalue weighted by Crippen LogP contribution is 2.36. The molecular weight excluding hydrogens is 546 g/mol. The van der Waals surface area contributed by atoms with Gasteiger partial charge in [0.1, 0.15) is 5.75 Å². The molecule has 3 aromatic carbocycles. The number of para-hydroxylation sites is 1. The summed E-state index contributed by atoms with van der Waals surface area (Å²) in [4.78, 5) is 13.5. The number of fused-ring (bicyclic) bond motifs is 1. The SMILES string of the molecule is COc1ccc(Cl)cc1NC1NC(=O)/C(=C/c2c(C)n(Cc3ccc(Br)cc3)c3ccccc23)S1. The van der Waals surface area contributed by atoms with Crippen molar-refractivity contribution in [1.29, 1.82) is 0 Å². The maximum Gasteiger partial charge on any atom is 0.260 e. The van der Waals surface area contributed by atoms with Crippen molar-refractivity contribution >= 4 is 67.9 Å². The molecule has 2 N–H and O–H groups in total. The molecule has 0 spiro atoms. The first-order valence-electron chi connectivity index (χ1n) is 11.0. The minimum atomic E-state index is -0.336. The van der Waals surface area contributed by atoms with E-state index in [4.69, 9.17) is 16.3 Å². The molecule has 1 aromatic heterocycles. The lowest BCUT2D eigenvalue weighted by Crippen LogP contribution is -2.31. The van der Waals surface area contributed by atoms with E-state index in [0.717, 1.165) is 38.9 Å². The van der Waals surface area contributed by atoms with Gasteiger partial charge in [-0.05, 0) is 55.0 Å². The number of rotatable bonds is 6. The highest BCUT2D eigenvalue weighted by molar-refractivity contribution is 9.10. The predicted octanol–water partition coefficient (Wildman–Crippen LogP) is 7.02. The van der Waals surface area contributed by atoms with Crippen LogP contribution in [0.25, 0.3) is 17.0 Å². The van der Waals surface area contributed by atoms with E-state index in [-0.39, 0.29) is 11.4 Å². The van der Waals surface area contributed by atoms with Crippen LogP contribution in [-0.4, -0.2) is 23.1 Å². The van der Waals surface area contributed by atoms with Gasteiger partial charge in [0.15, 0.2) is 5.50 Å². The molecule has 1 amide bonds. The fourth-order valence-electron chi connectivity index (χ4n) is 4.25. The number of halogens is 2. The standard InChI is InChI=1S/C27H23BrClN3O2S/c1-16-21(20-5-3-4-6-23(20)32(16)15-17-7-9-18(28)10-8-17)14-25-26(33)31-27(35-25)30-22-13-19(29)11-12-24(22)34-2/h3-14,27,30H,15H2,1-2H3,(H,31,33)/b25-14-. The van der Waals surface area contributed by atoms with Crippen molar-refractivity contribution in [1.82, 2.24) is 9.88 Å². The molecule has 1 unspecified atom stereocenters. The maximum atomic E-state index is 12.9. The Balaban J connectivity index is 1.46. The summed E-state index contributed by atoms with van der Waals surface area (Å²) in [6.07, 6.45) is 1.99. The molecular formula is C27H23BrClN3O2S. The van der Waals surface area contributed by atoms with Gasteiger partial charge in [0.2, 0.25) is 0 Å². The Hall–Kier alpha value is -2.87.